The molecule has 0 spiro atoms. The molecule has 0 saturated heterocycles. The van der Waals surface area contributed by atoms with E-state index in [0.717, 1.165) is 11.1 Å². The predicted molar refractivity (Wildman–Crippen MR) is 95.2 cm³/mol. The first-order valence-electron chi connectivity index (χ1n) is 7.68. The molecule has 0 heterocycles. The van der Waals surface area contributed by atoms with Crippen molar-refractivity contribution in [2.45, 2.75) is 32.8 Å². The fourth-order valence-corrected chi connectivity index (χ4v) is 2.20. The summed E-state index contributed by atoms with van der Waals surface area (Å²) in [5, 5.41) is 11.9. The third-order valence-corrected chi connectivity index (χ3v) is 3.58. The highest BCUT2D eigenvalue weighted by molar-refractivity contribution is 6.01. The van der Waals surface area contributed by atoms with E-state index in [0.29, 0.717) is 5.69 Å². The Morgan fingerprint density at radius 3 is 2.43 bits per heavy atom. The molecule has 0 bridgehead atoms. The van der Waals surface area contributed by atoms with Crippen molar-refractivity contribution in [3.63, 3.8) is 0 Å². The predicted octanol–water partition coefficient (Wildman–Crippen LogP) is 4.13. The number of aliphatic hydroxyl groups is 1. The molecule has 0 atom stereocenters. The number of aliphatic hydroxyl groups excluding tert-OH is 1. The third kappa shape index (κ3) is 5.08. The van der Waals surface area contributed by atoms with Crippen molar-refractivity contribution in [3.8, 4) is 0 Å². The molecule has 120 valence electrons. The Bertz CT molecular complexity index is 694. The number of carbonyl (C=O) groups excluding carboxylic acids is 1. The quantitative estimate of drug-likeness (QED) is 0.834. The first kappa shape index (κ1) is 17.0. The van der Waals surface area contributed by atoms with Crippen molar-refractivity contribution in [2.75, 3.05) is 5.32 Å². The van der Waals surface area contributed by atoms with Crippen molar-refractivity contribution in [1.82, 2.24) is 0 Å². The second-order valence-corrected chi connectivity index (χ2v) is 6.55. The van der Waals surface area contributed by atoms with E-state index in [1.54, 1.807) is 24.3 Å². The molecule has 2 aromatic carbocycles. The van der Waals surface area contributed by atoms with Crippen LogP contribution in [0, 0.1) is 0 Å². The largest absolute Gasteiger partial charge is 0.392 e. The van der Waals surface area contributed by atoms with Crippen LogP contribution in [0.1, 0.15) is 37.5 Å². The summed E-state index contributed by atoms with van der Waals surface area (Å²) < 4.78 is 0. The van der Waals surface area contributed by atoms with Crippen LogP contribution in [0.3, 0.4) is 0 Å². The van der Waals surface area contributed by atoms with Gasteiger partial charge in [-0.1, -0.05) is 57.2 Å². The second kappa shape index (κ2) is 7.25. The molecule has 0 unspecified atom stereocenters. The first-order valence-corrected chi connectivity index (χ1v) is 7.68. The summed E-state index contributed by atoms with van der Waals surface area (Å²) in [5.74, 6) is -0.194. The number of carbonyl (C=O) groups is 1. The van der Waals surface area contributed by atoms with Gasteiger partial charge in [0.2, 0.25) is 5.91 Å². The van der Waals surface area contributed by atoms with E-state index in [1.165, 1.54) is 11.6 Å². The zero-order chi connectivity index (χ0) is 16.9. The molecular weight excluding hydrogens is 286 g/mol. The van der Waals surface area contributed by atoms with Gasteiger partial charge in [0.25, 0.3) is 0 Å². The van der Waals surface area contributed by atoms with Gasteiger partial charge in [0.15, 0.2) is 0 Å². The Labute approximate surface area is 137 Å². The summed E-state index contributed by atoms with van der Waals surface area (Å²) in [6.07, 6.45) is 3.30. The summed E-state index contributed by atoms with van der Waals surface area (Å²) in [6.45, 7) is 6.48. The number of hydrogen-bond donors (Lipinski definition) is 2. The lowest BCUT2D eigenvalue weighted by Crippen LogP contribution is -2.10. The minimum Gasteiger partial charge on any atom is -0.392 e. The molecule has 23 heavy (non-hydrogen) atoms. The maximum absolute atomic E-state index is 12.0. The van der Waals surface area contributed by atoms with Crippen molar-refractivity contribution in [3.05, 3.63) is 71.3 Å². The number of benzene rings is 2. The highest BCUT2D eigenvalue weighted by Crippen LogP contribution is 2.22. The fraction of sp³-hybridized carbons (Fsp3) is 0.250. The zero-order valence-electron chi connectivity index (χ0n) is 13.8. The van der Waals surface area contributed by atoms with Crippen LogP contribution in [-0.2, 0) is 16.8 Å². The van der Waals surface area contributed by atoms with Gasteiger partial charge in [-0.3, -0.25) is 4.79 Å². The number of anilines is 1. The van der Waals surface area contributed by atoms with Crippen LogP contribution in [0.5, 0.6) is 0 Å². The summed E-state index contributed by atoms with van der Waals surface area (Å²) in [6, 6.07) is 15.4. The Kier molecular flexibility index (Phi) is 5.35. The molecule has 2 aromatic rings. The molecule has 0 saturated carbocycles. The van der Waals surface area contributed by atoms with Gasteiger partial charge in [0.05, 0.1) is 6.61 Å². The molecule has 3 nitrogen and oxygen atoms in total. The van der Waals surface area contributed by atoms with Crippen molar-refractivity contribution >= 4 is 17.7 Å². The Morgan fingerprint density at radius 2 is 1.83 bits per heavy atom. The normalized spacial score (nSPS) is 11.7. The van der Waals surface area contributed by atoms with Gasteiger partial charge >= 0.3 is 0 Å². The molecule has 0 aliphatic rings. The molecular formula is C20H23NO2. The van der Waals surface area contributed by atoms with Crippen LogP contribution in [0.25, 0.3) is 6.08 Å². The van der Waals surface area contributed by atoms with Crippen LogP contribution in [0.2, 0.25) is 0 Å². The van der Waals surface area contributed by atoms with Crippen LogP contribution in [-0.4, -0.2) is 11.0 Å². The Balaban J connectivity index is 2.00. The van der Waals surface area contributed by atoms with Gasteiger partial charge in [0.1, 0.15) is 0 Å². The third-order valence-electron chi connectivity index (χ3n) is 3.58. The second-order valence-electron chi connectivity index (χ2n) is 6.55. The van der Waals surface area contributed by atoms with E-state index in [1.807, 2.05) is 18.2 Å². The molecule has 1 amide bonds. The van der Waals surface area contributed by atoms with Gasteiger partial charge in [0, 0.05) is 11.8 Å². The number of hydrogen-bond acceptors (Lipinski definition) is 2. The summed E-state index contributed by atoms with van der Waals surface area (Å²) in [5.41, 5.74) is 3.81. The average molecular weight is 309 g/mol. The minimum absolute atomic E-state index is 0.0420. The topological polar surface area (TPSA) is 49.3 Å². The van der Waals surface area contributed by atoms with Crippen molar-refractivity contribution < 1.29 is 9.90 Å². The summed E-state index contributed by atoms with van der Waals surface area (Å²) in [4.78, 5) is 12.0. The minimum atomic E-state index is -0.194. The van der Waals surface area contributed by atoms with Crippen molar-refractivity contribution in [1.29, 1.82) is 0 Å². The fourth-order valence-electron chi connectivity index (χ4n) is 2.20. The molecule has 0 aliphatic heterocycles. The average Bonchev–Trinajstić information content (AvgIpc) is 2.52. The standard InChI is InChI=1S/C20H23NO2/c1-20(2,3)17-10-7-15(8-11-17)9-12-19(23)21-18-6-4-5-16(13-18)14-22/h4-13,22H,14H2,1-3H3,(H,21,23)/b12-9+. The molecule has 0 radical (unpaired) electrons. The van der Waals surface area contributed by atoms with E-state index in [-0.39, 0.29) is 17.9 Å². The molecule has 2 rings (SSSR count). The highest BCUT2D eigenvalue weighted by Gasteiger charge is 2.12. The molecule has 0 aliphatic carbocycles. The van der Waals surface area contributed by atoms with Crippen molar-refractivity contribution in [2.24, 2.45) is 0 Å². The lowest BCUT2D eigenvalue weighted by molar-refractivity contribution is -0.111. The van der Waals surface area contributed by atoms with Gasteiger partial charge < -0.3 is 10.4 Å². The van der Waals surface area contributed by atoms with Crippen LogP contribution in [0.15, 0.2) is 54.6 Å². The monoisotopic (exact) mass is 309 g/mol. The highest BCUT2D eigenvalue weighted by atomic mass is 16.3. The van der Waals surface area contributed by atoms with E-state index in [2.05, 4.69) is 38.2 Å². The Hall–Kier alpha value is -2.39. The smallest absolute Gasteiger partial charge is 0.248 e. The first-order chi connectivity index (χ1) is 10.9. The van der Waals surface area contributed by atoms with Gasteiger partial charge in [-0.2, -0.15) is 0 Å². The van der Waals surface area contributed by atoms with Gasteiger partial charge in [-0.15, -0.1) is 0 Å². The maximum atomic E-state index is 12.0. The maximum Gasteiger partial charge on any atom is 0.248 e. The van der Waals surface area contributed by atoms with E-state index >= 15 is 0 Å². The van der Waals surface area contributed by atoms with Crippen LogP contribution >= 0.6 is 0 Å². The van der Waals surface area contributed by atoms with E-state index in [4.69, 9.17) is 5.11 Å². The zero-order valence-corrected chi connectivity index (χ0v) is 13.8. The lowest BCUT2D eigenvalue weighted by atomic mass is 9.87. The van der Waals surface area contributed by atoms with E-state index < -0.39 is 0 Å². The lowest BCUT2D eigenvalue weighted by Gasteiger charge is -2.18. The summed E-state index contributed by atoms with van der Waals surface area (Å²) in [7, 11) is 0. The molecule has 0 fully saturated rings. The number of amides is 1. The van der Waals surface area contributed by atoms with Gasteiger partial charge in [-0.05, 0) is 40.3 Å². The number of rotatable bonds is 4. The number of nitrogens with one attached hydrogen (secondary N) is 1. The SMILES string of the molecule is CC(C)(C)c1ccc(/C=C/C(=O)Nc2cccc(CO)c2)cc1. The van der Waals surface area contributed by atoms with Crippen LogP contribution < -0.4 is 5.32 Å². The molecule has 0 aromatic heterocycles. The summed E-state index contributed by atoms with van der Waals surface area (Å²) >= 11 is 0. The van der Waals surface area contributed by atoms with E-state index in [9.17, 15) is 4.79 Å². The Morgan fingerprint density at radius 1 is 1.13 bits per heavy atom. The van der Waals surface area contributed by atoms with Crippen LogP contribution in [0.4, 0.5) is 5.69 Å². The van der Waals surface area contributed by atoms with Gasteiger partial charge in [-0.25, -0.2) is 0 Å². The molecule has 2 N–H and O–H groups in total. The molecule has 3 heteroatoms.